The second-order valence-corrected chi connectivity index (χ2v) is 27.2. The number of aromatic hydroxyl groups is 3. The number of fused-ring (bicyclic) bond motifs is 12. The molecule has 0 saturated carbocycles. The number of aliphatic hydroxyl groups excluding tert-OH is 4. The fraction of sp³-hybridized carbons (Fsp3) is 0.475. The highest BCUT2D eigenvalue weighted by Gasteiger charge is 2.47. The maximum absolute atomic E-state index is 15.5. The van der Waals surface area contributed by atoms with E-state index in [1.807, 2.05) is 16.9 Å². The molecule has 5 heterocycles. The summed E-state index contributed by atoms with van der Waals surface area (Å²) in [7, 11) is 6.86. The molecule has 5 bridgehead atoms. The molecule has 11 nitrogen and oxygen atoms in total. The highest BCUT2D eigenvalue weighted by Crippen LogP contribution is 2.61. The number of hydrogen-bond donors (Lipinski definition) is 8. The van der Waals surface area contributed by atoms with Crippen molar-refractivity contribution in [1.82, 2.24) is 5.32 Å². The van der Waals surface area contributed by atoms with Crippen LogP contribution in [0.5, 0.6) is 23.0 Å². The Morgan fingerprint density at radius 3 is 2.54 bits per heavy atom. The van der Waals surface area contributed by atoms with E-state index < -0.39 is 35.4 Å². The minimum atomic E-state index is -0.997. The second-order valence-electron chi connectivity index (χ2n) is 21.9. The van der Waals surface area contributed by atoms with Gasteiger partial charge in [-0.15, -0.1) is 0 Å². The number of benzene rings is 5. The number of phenolic OH excluding ortho intramolecular Hbond substituents is 2. The van der Waals surface area contributed by atoms with Crippen LogP contribution in [0.3, 0.4) is 0 Å². The van der Waals surface area contributed by atoms with Crippen LogP contribution in [0.1, 0.15) is 138 Å². The summed E-state index contributed by atoms with van der Waals surface area (Å²) < 4.78 is 13.9. The molecule has 15 heteroatoms. The zero-order chi connectivity index (χ0) is 51.1. The van der Waals surface area contributed by atoms with Crippen LogP contribution in [0.15, 0.2) is 63.8 Å². The molecule has 0 spiro atoms. The third-order valence-electron chi connectivity index (χ3n) is 16.9. The highest BCUT2D eigenvalue weighted by atomic mass is 33.1. The highest BCUT2D eigenvalue weighted by molar-refractivity contribution is 8.77. The van der Waals surface area contributed by atoms with Gasteiger partial charge in [0.25, 0.3) is 0 Å². The summed E-state index contributed by atoms with van der Waals surface area (Å²) in [6, 6.07) is 18.4. The van der Waals surface area contributed by atoms with Crippen LogP contribution in [0.25, 0.3) is 44.2 Å². The molecule has 74 heavy (non-hydrogen) atoms. The summed E-state index contributed by atoms with van der Waals surface area (Å²) in [5.41, 5.74) is 8.89. The van der Waals surface area contributed by atoms with Crippen molar-refractivity contribution >= 4 is 64.9 Å². The van der Waals surface area contributed by atoms with Gasteiger partial charge in [0.2, 0.25) is 11.2 Å². The molecule has 12 rings (SSSR count). The Bertz CT molecular complexity index is 3230. The second kappa shape index (κ2) is 20.7. The smallest absolute Gasteiger partial charge is 0.238 e. The van der Waals surface area contributed by atoms with Gasteiger partial charge in [0.15, 0.2) is 5.76 Å². The Morgan fingerprint density at radius 1 is 0.851 bits per heavy atom. The molecule has 2 aliphatic carbocycles. The molecule has 9 atom stereocenters. The van der Waals surface area contributed by atoms with Crippen molar-refractivity contribution in [3.63, 3.8) is 0 Å². The molecule has 5 aromatic carbocycles. The largest absolute Gasteiger partial charge is 0.507 e. The Kier molecular flexibility index (Phi) is 14.2. The Hall–Kier alpha value is -4.03. The topological polar surface area (TPSA) is 193 Å². The van der Waals surface area contributed by atoms with E-state index in [-0.39, 0.29) is 88.2 Å². The van der Waals surface area contributed by atoms with Crippen LogP contribution in [0, 0.1) is 11.8 Å². The minimum Gasteiger partial charge on any atom is -0.507 e. The van der Waals surface area contributed by atoms with Crippen molar-refractivity contribution in [2.75, 3.05) is 25.5 Å². The van der Waals surface area contributed by atoms with Gasteiger partial charge in [-0.1, -0.05) is 93.4 Å². The first-order valence-electron chi connectivity index (χ1n) is 26.6. The molecule has 1 aromatic heterocycles. The molecular formula is C59H65NO10S4. The van der Waals surface area contributed by atoms with Crippen LogP contribution in [-0.4, -0.2) is 84.8 Å². The van der Waals surface area contributed by atoms with Crippen molar-refractivity contribution < 1.29 is 44.9 Å². The molecule has 390 valence electrons. The molecule has 0 amide bonds. The van der Waals surface area contributed by atoms with Gasteiger partial charge in [-0.25, -0.2) is 0 Å². The van der Waals surface area contributed by atoms with Gasteiger partial charge in [0.1, 0.15) is 34.3 Å². The molecule has 8 N–H and O–H groups in total. The lowest BCUT2D eigenvalue weighted by Crippen LogP contribution is -2.39. The minimum absolute atomic E-state index is 0.00632. The van der Waals surface area contributed by atoms with E-state index >= 15 is 4.79 Å². The lowest BCUT2D eigenvalue weighted by molar-refractivity contribution is 0.00975. The van der Waals surface area contributed by atoms with Crippen molar-refractivity contribution in [3.05, 3.63) is 115 Å². The number of hydrogen-bond acceptors (Lipinski definition) is 15. The van der Waals surface area contributed by atoms with E-state index in [0.29, 0.717) is 71.8 Å². The van der Waals surface area contributed by atoms with Crippen LogP contribution in [0.2, 0.25) is 0 Å². The Labute approximate surface area is 447 Å². The molecule has 4 aliphatic heterocycles. The summed E-state index contributed by atoms with van der Waals surface area (Å²) in [5.74, 6) is 0.0984. The predicted molar refractivity (Wildman–Crippen MR) is 300 cm³/mol. The zero-order valence-corrected chi connectivity index (χ0v) is 45.0. The van der Waals surface area contributed by atoms with E-state index in [9.17, 15) is 35.7 Å². The summed E-state index contributed by atoms with van der Waals surface area (Å²) in [5, 5.41) is 88.9. The van der Waals surface area contributed by atoms with Gasteiger partial charge in [-0.2, -0.15) is 0 Å². The first-order chi connectivity index (χ1) is 35.9. The number of nitrogens with one attached hydrogen (secondary N) is 1. The quantitative estimate of drug-likeness (QED) is 0.0671. The number of rotatable bonds is 8. The monoisotopic (exact) mass is 1080 g/mol. The average Bonchev–Trinajstić information content (AvgIpc) is 3.44. The van der Waals surface area contributed by atoms with Crippen molar-refractivity contribution in [1.29, 1.82) is 0 Å². The van der Waals surface area contributed by atoms with Gasteiger partial charge >= 0.3 is 0 Å². The summed E-state index contributed by atoms with van der Waals surface area (Å²) in [6.07, 6.45) is 4.17. The summed E-state index contributed by atoms with van der Waals surface area (Å²) in [4.78, 5) is 15.5. The van der Waals surface area contributed by atoms with E-state index in [4.69, 9.17) is 9.15 Å². The third kappa shape index (κ3) is 8.72. The van der Waals surface area contributed by atoms with Crippen molar-refractivity contribution in [2.24, 2.45) is 11.8 Å². The lowest BCUT2D eigenvalue weighted by atomic mass is 9.65. The molecule has 6 aliphatic rings. The van der Waals surface area contributed by atoms with E-state index in [0.717, 1.165) is 82.1 Å². The van der Waals surface area contributed by atoms with Crippen LogP contribution in [0.4, 0.5) is 0 Å². The molecule has 0 radical (unpaired) electrons. The fourth-order valence-corrected chi connectivity index (χ4v) is 19.5. The van der Waals surface area contributed by atoms with E-state index in [1.54, 1.807) is 32.4 Å². The fourth-order valence-electron chi connectivity index (χ4n) is 13.6. The Balaban J connectivity index is 1.11. The number of ether oxygens (including phenoxy) is 1. The predicted octanol–water partition coefficient (Wildman–Crippen LogP) is 11.5. The van der Waals surface area contributed by atoms with Gasteiger partial charge < -0.3 is 50.2 Å². The molecule has 2 saturated heterocycles. The number of phenols is 2. The SMILES string of the molecule is CC(C)Cc1cc(-c2oc3cc(O)c4c(c3c(=O)c2O)OC2CC3c5c-4cc4c6c(ccc(c56)C(SSCCCC2O)C3O)CC(CCCO)C4CCO)c2c(c1O)Cc1cccc(c1)C1NCCCC1SSC2. The number of piperidine rings is 1. The maximum atomic E-state index is 15.5. The van der Waals surface area contributed by atoms with Gasteiger partial charge in [0.05, 0.1) is 23.0 Å². The average molecular weight is 1080 g/mol. The summed E-state index contributed by atoms with van der Waals surface area (Å²) in [6.45, 7) is 5.12. The number of aliphatic hydroxyl groups is 4. The van der Waals surface area contributed by atoms with Crippen LogP contribution < -0.4 is 15.5 Å². The molecule has 9 unspecified atom stereocenters. The molecule has 6 aromatic rings. The summed E-state index contributed by atoms with van der Waals surface area (Å²) >= 11 is 0. The Morgan fingerprint density at radius 2 is 1.72 bits per heavy atom. The van der Waals surface area contributed by atoms with Gasteiger partial charge in [-0.05, 0) is 161 Å². The van der Waals surface area contributed by atoms with Gasteiger partial charge in [0, 0.05) is 65.5 Å². The van der Waals surface area contributed by atoms with Crippen molar-refractivity contribution in [3.8, 4) is 45.4 Å². The third-order valence-corrected chi connectivity index (χ3v) is 22.6. The van der Waals surface area contributed by atoms with E-state index in [1.165, 1.54) is 11.6 Å². The van der Waals surface area contributed by atoms with Crippen LogP contribution in [-0.2, 0) is 25.0 Å². The normalized spacial score (nSPS) is 26.3. The van der Waals surface area contributed by atoms with Crippen molar-refractivity contribution in [2.45, 2.75) is 137 Å². The zero-order valence-electron chi connectivity index (χ0n) is 41.8. The first kappa shape index (κ1) is 50.8. The lowest BCUT2D eigenvalue weighted by Gasteiger charge is -2.43. The van der Waals surface area contributed by atoms with Crippen LogP contribution >= 0.6 is 43.2 Å². The van der Waals surface area contributed by atoms with Gasteiger partial charge in [-0.3, -0.25) is 4.79 Å². The molecular weight excluding hydrogens is 1010 g/mol. The molecule has 2 fully saturated rings. The first-order valence-corrected chi connectivity index (χ1v) is 31.4. The standard InChI is InChI=1S/C59H65NO10S4/c1-28(2)19-33-23-38(41-27-72-73-46-11-4-15-60-52(46)32-8-3-7-29(20-32)21-37(41)53(33)65)57-56(68)55(67)51-45(70-57)26-43(64)49-39-24-36-34(14-17-62)30(9-5-16-61)22-31-12-13-35-50(47(31)36)48(39)40-25-44(69-58(49)51)42(63)10-6-18-71-74-59(35)54(40)66/h3,7-8,12-13,20,23-24,26,28,30,34,40,42,44,46,52,54,59-66,68H,4-6,9-11,14-19,21-22,25,27H2,1-2H3. The maximum Gasteiger partial charge on any atom is 0.238 e. The van der Waals surface area contributed by atoms with E-state index in [2.05, 4.69) is 61.6 Å².